The van der Waals surface area contributed by atoms with Gasteiger partial charge in [-0.2, -0.15) is 5.26 Å². The molecule has 1 aromatic heterocycles. The van der Waals surface area contributed by atoms with Gasteiger partial charge in [-0.25, -0.2) is 4.79 Å². The minimum absolute atomic E-state index is 0.0346. The average molecular weight is 655 g/mol. The van der Waals surface area contributed by atoms with Gasteiger partial charge in [0.05, 0.1) is 28.9 Å². The topological polar surface area (TPSA) is 95.6 Å². The van der Waals surface area contributed by atoms with Gasteiger partial charge in [-0.05, 0) is 53.5 Å². The molecule has 6 rings (SSSR count). The number of methoxy groups -OCH3 is 1. The summed E-state index contributed by atoms with van der Waals surface area (Å²) in [6.45, 7) is 4.00. The molecule has 0 spiro atoms. The van der Waals surface area contributed by atoms with Gasteiger partial charge in [0.25, 0.3) is 11.5 Å². The van der Waals surface area contributed by atoms with E-state index in [1.54, 1.807) is 35.2 Å². The summed E-state index contributed by atoms with van der Waals surface area (Å²) in [6.07, 6.45) is 1.71. The number of carbonyl (C=O) groups is 2. The molecule has 4 aromatic carbocycles. The molecule has 2 heterocycles. The summed E-state index contributed by atoms with van der Waals surface area (Å²) < 4.78 is 6.91. The van der Waals surface area contributed by atoms with E-state index in [0.29, 0.717) is 47.5 Å². The monoisotopic (exact) mass is 654 g/mol. The highest BCUT2D eigenvalue weighted by Crippen LogP contribution is 2.29. The van der Waals surface area contributed by atoms with Gasteiger partial charge in [-0.15, -0.1) is 11.3 Å². The van der Waals surface area contributed by atoms with Gasteiger partial charge in [0.2, 0.25) is 0 Å². The first-order valence-electron chi connectivity index (χ1n) is 15.6. The number of hydrogen-bond acceptors (Lipinski definition) is 7. The fraction of sp³-hybridized carbons (Fsp3) is 0.179. The fourth-order valence-corrected chi connectivity index (χ4v) is 7.17. The summed E-state index contributed by atoms with van der Waals surface area (Å²) in [5.41, 5.74) is 4.47. The third-order valence-electron chi connectivity index (χ3n) is 8.55. The van der Waals surface area contributed by atoms with Crippen molar-refractivity contribution in [1.82, 2.24) is 14.4 Å². The first-order valence-corrected chi connectivity index (χ1v) is 16.5. The van der Waals surface area contributed by atoms with Crippen molar-refractivity contribution >= 4 is 34.9 Å². The second-order valence-corrected chi connectivity index (χ2v) is 12.5. The van der Waals surface area contributed by atoms with Crippen molar-refractivity contribution in [1.29, 1.82) is 5.26 Å². The highest BCUT2D eigenvalue weighted by molar-refractivity contribution is 7.07. The minimum Gasteiger partial charge on any atom is -0.465 e. The number of benzene rings is 4. The minimum atomic E-state index is -0.454. The number of thiazole rings is 1. The van der Waals surface area contributed by atoms with E-state index in [9.17, 15) is 19.6 Å². The summed E-state index contributed by atoms with van der Waals surface area (Å²) >= 11 is 1.11. The number of esters is 1. The molecule has 240 valence electrons. The Hall–Kier alpha value is -5.56. The lowest BCUT2D eigenvalue weighted by atomic mass is 9.96. The predicted octanol–water partition coefficient (Wildman–Crippen LogP) is 4.43. The number of nitrogens with zero attached hydrogens (tertiary/aromatic N) is 4. The van der Waals surface area contributed by atoms with Crippen molar-refractivity contribution in [2.75, 3.05) is 33.3 Å². The molecule has 1 fully saturated rings. The highest BCUT2D eigenvalue weighted by Gasteiger charge is 2.30. The van der Waals surface area contributed by atoms with Crippen molar-refractivity contribution < 1.29 is 14.3 Å². The van der Waals surface area contributed by atoms with Crippen molar-refractivity contribution in [3.8, 4) is 11.8 Å². The van der Waals surface area contributed by atoms with Gasteiger partial charge in [-0.3, -0.25) is 19.1 Å². The number of piperazine rings is 1. The Kier molecular flexibility index (Phi) is 9.76. The van der Waals surface area contributed by atoms with Crippen LogP contribution >= 0.6 is 11.3 Å². The fourth-order valence-electron chi connectivity index (χ4n) is 6.08. The molecule has 1 aliphatic rings. The Morgan fingerprint density at radius 2 is 1.42 bits per heavy atom. The third-order valence-corrected chi connectivity index (χ3v) is 9.64. The number of para-hydroxylation sites is 1. The third kappa shape index (κ3) is 6.63. The second-order valence-electron chi connectivity index (χ2n) is 11.5. The van der Waals surface area contributed by atoms with E-state index in [0.717, 1.165) is 16.9 Å². The number of rotatable bonds is 7. The zero-order valence-electron chi connectivity index (χ0n) is 26.7. The van der Waals surface area contributed by atoms with Crippen LogP contribution in [0, 0.1) is 18.3 Å². The van der Waals surface area contributed by atoms with Crippen LogP contribution in [0.4, 0.5) is 0 Å². The SMILES string of the molecule is COC(=O)c1ccc(C=c2sc(=C(C#N)C(=O)N3CCN(C(c4ccccc4)c4ccccc4)CC3)n(-c3ccccc3C)c2=O)cc1. The standard InChI is InChI=1S/C39H34N4O4S/c1-27-11-9-10-16-33(27)43-37(45)34(25-28-17-19-31(20-18-28)39(46)47-2)48-38(43)32(26-40)36(44)42-23-21-41(22-24-42)35(29-12-5-3-6-13-29)30-14-7-4-8-15-30/h3-20,25,35H,21-24H2,1-2H3. The molecule has 0 aliphatic carbocycles. The van der Waals surface area contributed by atoms with Crippen LogP contribution in [0.2, 0.25) is 0 Å². The Bertz CT molecular complexity index is 2120. The number of ether oxygens (including phenoxy) is 1. The van der Waals surface area contributed by atoms with Crippen molar-refractivity contribution in [3.05, 3.63) is 157 Å². The maximum Gasteiger partial charge on any atom is 0.337 e. The van der Waals surface area contributed by atoms with Crippen LogP contribution in [0.1, 0.15) is 38.7 Å². The van der Waals surface area contributed by atoms with E-state index in [-0.39, 0.29) is 21.8 Å². The Labute approximate surface area is 282 Å². The lowest BCUT2D eigenvalue weighted by molar-refractivity contribution is -0.126. The van der Waals surface area contributed by atoms with Crippen molar-refractivity contribution in [3.63, 3.8) is 0 Å². The second kappa shape index (κ2) is 14.5. The van der Waals surface area contributed by atoms with Gasteiger partial charge in [0.1, 0.15) is 10.7 Å². The van der Waals surface area contributed by atoms with Crippen LogP contribution in [-0.2, 0) is 9.53 Å². The molecule has 0 N–H and O–H groups in total. The molecule has 8 nitrogen and oxygen atoms in total. The van der Waals surface area contributed by atoms with E-state index in [4.69, 9.17) is 4.74 Å². The van der Waals surface area contributed by atoms with Crippen LogP contribution in [0.15, 0.2) is 114 Å². The van der Waals surface area contributed by atoms with Crippen molar-refractivity contribution in [2.45, 2.75) is 13.0 Å². The average Bonchev–Trinajstić information content (AvgIpc) is 3.44. The molecule has 0 radical (unpaired) electrons. The summed E-state index contributed by atoms with van der Waals surface area (Å²) in [5.74, 6) is -0.851. The lowest BCUT2D eigenvalue weighted by Gasteiger charge is -2.39. The van der Waals surface area contributed by atoms with Gasteiger partial charge in [0.15, 0.2) is 5.57 Å². The zero-order chi connectivity index (χ0) is 33.6. The quantitative estimate of drug-likeness (QED) is 0.241. The number of aromatic nitrogens is 1. The van der Waals surface area contributed by atoms with E-state index in [1.807, 2.05) is 67.6 Å². The molecular weight excluding hydrogens is 621 g/mol. The van der Waals surface area contributed by atoms with Crippen molar-refractivity contribution in [2.24, 2.45) is 0 Å². The largest absolute Gasteiger partial charge is 0.465 e. The molecule has 0 saturated carbocycles. The molecule has 1 amide bonds. The van der Waals surface area contributed by atoms with Crippen LogP contribution < -0.4 is 14.8 Å². The highest BCUT2D eigenvalue weighted by atomic mass is 32.1. The number of hydrogen-bond donors (Lipinski definition) is 0. The predicted molar refractivity (Wildman–Crippen MR) is 187 cm³/mol. The van der Waals surface area contributed by atoms with Gasteiger partial charge in [-0.1, -0.05) is 91.0 Å². The molecule has 0 unspecified atom stereocenters. The molecular formula is C39H34N4O4S. The molecule has 9 heteroatoms. The molecule has 0 atom stereocenters. The maximum atomic E-state index is 14.1. The number of carbonyl (C=O) groups excluding carboxylic acids is 2. The molecule has 5 aromatic rings. The summed E-state index contributed by atoms with van der Waals surface area (Å²) in [4.78, 5) is 44.1. The molecule has 0 bridgehead atoms. The lowest BCUT2D eigenvalue weighted by Crippen LogP contribution is -2.50. The van der Waals surface area contributed by atoms with Gasteiger partial charge >= 0.3 is 5.97 Å². The smallest absolute Gasteiger partial charge is 0.337 e. The van der Waals surface area contributed by atoms with E-state index >= 15 is 0 Å². The van der Waals surface area contributed by atoms with Crippen LogP contribution in [0.5, 0.6) is 0 Å². The van der Waals surface area contributed by atoms with E-state index < -0.39 is 11.9 Å². The Morgan fingerprint density at radius 1 is 0.833 bits per heavy atom. The number of amides is 1. The number of nitriles is 1. The summed E-state index contributed by atoms with van der Waals surface area (Å²) in [7, 11) is 1.32. The zero-order valence-corrected chi connectivity index (χ0v) is 27.5. The van der Waals surface area contributed by atoms with Crippen LogP contribution in [-0.4, -0.2) is 59.5 Å². The number of aryl methyl sites for hydroxylation is 1. The van der Waals surface area contributed by atoms with Crippen LogP contribution in [0.3, 0.4) is 0 Å². The van der Waals surface area contributed by atoms with E-state index in [2.05, 4.69) is 35.2 Å². The Morgan fingerprint density at radius 3 is 1.98 bits per heavy atom. The first kappa shape index (κ1) is 32.4. The molecule has 1 saturated heterocycles. The van der Waals surface area contributed by atoms with E-state index in [1.165, 1.54) is 22.8 Å². The maximum absolute atomic E-state index is 14.1. The van der Waals surface area contributed by atoms with Gasteiger partial charge in [0, 0.05) is 26.2 Å². The normalized spacial score (nSPS) is 14.5. The summed E-state index contributed by atoms with van der Waals surface area (Å²) in [5, 5.41) is 10.4. The molecule has 48 heavy (non-hydrogen) atoms. The Balaban J connectivity index is 1.37. The summed E-state index contributed by atoms with van der Waals surface area (Å²) in [6, 6.07) is 37.0. The molecule has 1 aliphatic heterocycles. The first-order chi connectivity index (χ1) is 23.4. The van der Waals surface area contributed by atoms with Crippen LogP contribution in [0.25, 0.3) is 17.3 Å². The van der Waals surface area contributed by atoms with Gasteiger partial charge < -0.3 is 9.64 Å².